The van der Waals surface area contributed by atoms with Crippen molar-refractivity contribution in [3.8, 4) is 0 Å². The first-order chi connectivity index (χ1) is 10.3. The van der Waals surface area contributed by atoms with Crippen LogP contribution in [0.2, 0.25) is 0 Å². The van der Waals surface area contributed by atoms with Crippen LogP contribution in [0, 0.1) is 0 Å². The van der Waals surface area contributed by atoms with E-state index >= 15 is 0 Å². The second kappa shape index (κ2) is 4.74. The van der Waals surface area contributed by atoms with E-state index in [-0.39, 0.29) is 11.1 Å². The maximum Gasteiger partial charge on any atom is 0.283 e. The molecule has 0 aliphatic carbocycles. The molecule has 8 heteroatoms. The minimum atomic E-state index is -0.193. The maximum absolute atomic E-state index is 12.4. The Bertz CT molecular complexity index is 971. The number of thiophene rings is 1. The van der Waals surface area contributed by atoms with Crippen LogP contribution in [0.5, 0.6) is 0 Å². The minimum absolute atomic E-state index is 0.193. The van der Waals surface area contributed by atoms with Gasteiger partial charge in [0.05, 0.1) is 6.20 Å². The summed E-state index contributed by atoms with van der Waals surface area (Å²) in [6.45, 7) is 0.571. The lowest BCUT2D eigenvalue weighted by Gasteiger charge is -2.05. The van der Waals surface area contributed by atoms with Crippen LogP contribution in [-0.2, 0) is 13.0 Å². The van der Waals surface area contributed by atoms with E-state index in [1.807, 2.05) is 11.4 Å². The average Bonchev–Trinajstić information content (AvgIpc) is 3.17. The Kier molecular flexibility index (Phi) is 2.74. The molecule has 21 heavy (non-hydrogen) atoms. The number of fused-ring (bicyclic) bond motifs is 3. The molecular weight excluding hydrogens is 288 g/mol. The highest BCUT2D eigenvalue weighted by Crippen LogP contribution is 2.10. The van der Waals surface area contributed by atoms with E-state index in [1.54, 1.807) is 34.5 Å². The van der Waals surface area contributed by atoms with Gasteiger partial charge in [0, 0.05) is 17.5 Å². The number of aryl methyl sites for hydroxylation is 2. The largest absolute Gasteiger partial charge is 0.297 e. The molecule has 4 heterocycles. The van der Waals surface area contributed by atoms with Gasteiger partial charge in [-0.3, -0.25) is 9.36 Å². The molecule has 0 spiro atoms. The van der Waals surface area contributed by atoms with Crippen LogP contribution in [0.1, 0.15) is 4.88 Å². The minimum Gasteiger partial charge on any atom is -0.297 e. The molecule has 0 bridgehead atoms. The number of aromatic nitrogens is 6. The second-order valence-corrected chi connectivity index (χ2v) is 5.58. The fourth-order valence-corrected chi connectivity index (χ4v) is 2.89. The molecule has 4 aromatic rings. The van der Waals surface area contributed by atoms with Gasteiger partial charge < -0.3 is 0 Å². The predicted octanol–water partition coefficient (Wildman–Crippen LogP) is 1.14. The van der Waals surface area contributed by atoms with Crippen molar-refractivity contribution in [3.05, 3.63) is 51.3 Å². The zero-order valence-corrected chi connectivity index (χ0v) is 11.7. The summed E-state index contributed by atoms with van der Waals surface area (Å²) in [7, 11) is 0. The third-order valence-corrected chi connectivity index (χ3v) is 4.19. The van der Waals surface area contributed by atoms with Crippen molar-refractivity contribution in [1.29, 1.82) is 0 Å². The zero-order valence-electron chi connectivity index (χ0n) is 10.9. The van der Waals surface area contributed by atoms with Gasteiger partial charge in [0.1, 0.15) is 6.33 Å². The smallest absolute Gasteiger partial charge is 0.283 e. The van der Waals surface area contributed by atoms with Crippen molar-refractivity contribution in [2.45, 2.75) is 13.0 Å². The standard InChI is InChI=1S/C13H10N6OS/c20-13-11-12(19-10(16-17-11)3-5-15-19)14-8-18(13)6-4-9-2-1-7-21-9/h1-3,5,7-8H,4,6H2. The Morgan fingerprint density at radius 1 is 1.24 bits per heavy atom. The van der Waals surface area contributed by atoms with Crippen molar-refractivity contribution < 1.29 is 0 Å². The molecule has 0 unspecified atom stereocenters. The molecule has 0 saturated carbocycles. The Balaban J connectivity index is 1.79. The third-order valence-electron chi connectivity index (χ3n) is 3.25. The van der Waals surface area contributed by atoms with E-state index in [1.165, 1.54) is 9.39 Å². The summed E-state index contributed by atoms with van der Waals surface area (Å²) >= 11 is 1.68. The van der Waals surface area contributed by atoms with E-state index in [2.05, 4.69) is 26.3 Å². The number of hydrogen-bond donors (Lipinski definition) is 0. The van der Waals surface area contributed by atoms with E-state index < -0.39 is 0 Å². The van der Waals surface area contributed by atoms with Gasteiger partial charge >= 0.3 is 0 Å². The third kappa shape index (κ3) is 2.00. The van der Waals surface area contributed by atoms with E-state index in [0.29, 0.717) is 17.8 Å². The summed E-state index contributed by atoms with van der Waals surface area (Å²) in [6.07, 6.45) is 3.94. The highest BCUT2D eigenvalue weighted by Gasteiger charge is 2.10. The van der Waals surface area contributed by atoms with Gasteiger partial charge in [-0.2, -0.15) is 9.61 Å². The molecule has 0 saturated heterocycles. The fraction of sp³-hybridized carbons (Fsp3) is 0.154. The van der Waals surface area contributed by atoms with Crippen molar-refractivity contribution in [3.63, 3.8) is 0 Å². The second-order valence-electron chi connectivity index (χ2n) is 4.55. The average molecular weight is 298 g/mol. The van der Waals surface area contributed by atoms with Crippen molar-refractivity contribution in [1.82, 2.24) is 29.4 Å². The van der Waals surface area contributed by atoms with Crippen molar-refractivity contribution in [2.75, 3.05) is 0 Å². The van der Waals surface area contributed by atoms with Gasteiger partial charge in [0.15, 0.2) is 16.8 Å². The highest BCUT2D eigenvalue weighted by molar-refractivity contribution is 7.09. The van der Waals surface area contributed by atoms with E-state index in [4.69, 9.17) is 0 Å². The molecule has 0 aliphatic heterocycles. The highest BCUT2D eigenvalue weighted by atomic mass is 32.1. The quantitative estimate of drug-likeness (QED) is 0.567. The Morgan fingerprint density at radius 2 is 2.19 bits per heavy atom. The van der Waals surface area contributed by atoms with Gasteiger partial charge in [0.25, 0.3) is 5.56 Å². The monoisotopic (exact) mass is 298 g/mol. The van der Waals surface area contributed by atoms with Crippen LogP contribution >= 0.6 is 11.3 Å². The summed E-state index contributed by atoms with van der Waals surface area (Å²) in [5.74, 6) is 0. The van der Waals surface area contributed by atoms with Crippen LogP contribution in [0.25, 0.3) is 16.8 Å². The number of hydrogen-bond acceptors (Lipinski definition) is 6. The summed E-state index contributed by atoms with van der Waals surface area (Å²) < 4.78 is 3.08. The lowest BCUT2D eigenvalue weighted by Crippen LogP contribution is -2.23. The molecule has 0 amide bonds. The van der Waals surface area contributed by atoms with Crippen molar-refractivity contribution >= 4 is 28.1 Å². The summed E-state index contributed by atoms with van der Waals surface area (Å²) in [5, 5.41) is 14.1. The van der Waals surface area contributed by atoms with Gasteiger partial charge in [0.2, 0.25) is 0 Å². The summed E-state index contributed by atoms with van der Waals surface area (Å²) in [4.78, 5) is 18.0. The first kappa shape index (κ1) is 12.2. The molecule has 0 aromatic carbocycles. The SMILES string of the molecule is O=c1c2nnc3ccnn3c2ncn1CCc1cccs1. The molecule has 0 radical (unpaired) electrons. The Labute approximate surface area is 122 Å². The van der Waals surface area contributed by atoms with Gasteiger partial charge in [-0.15, -0.1) is 21.5 Å². The van der Waals surface area contributed by atoms with Gasteiger partial charge in [-0.1, -0.05) is 6.07 Å². The van der Waals surface area contributed by atoms with Gasteiger partial charge in [-0.25, -0.2) is 4.98 Å². The van der Waals surface area contributed by atoms with Crippen LogP contribution in [-0.4, -0.2) is 29.4 Å². The molecule has 104 valence electrons. The lowest BCUT2D eigenvalue weighted by atomic mass is 10.3. The topological polar surface area (TPSA) is 78.0 Å². The van der Waals surface area contributed by atoms with Gasteiger partial charge in [-0.05, 0) is 17.9 Å². The van der Waals surface area contributed by atoms with Crippen LogP contribution in [0.15, 0.2) is 40.9 Å². The van der Waals surface area contributed by atoms with Crippen molar-refractivity contribution in [2.24, 2.45) is 0 Å². The zero-order chi connectivity index (χ0) is 14.2. The van der Waals surface area contributed by atoms with Crippen LogP contribution < -0.4 is 5.56 Å². The molecule has 0 fully saturated rings. The Morgan fingerprint density at radius 3 is 3.05 bits per heavy atom. The number of nitrogens with zero attached hydrogens (tertiary/aromatic N) is 6. The molecule has 7 nitrogen and oxygen atoms in total. The normalized spacial score (nSPS) is 11.4. The maximum atomic E-state index is 12.4. The van der Waals surface area contributed by atoms with Crippen LogP contribution in [0.4, 0.5) is 0 Å². The fourth-order valence-electron chi connectivity index (χ4n) is 2.19. The summed E-state index contributed by atoms with van der Waals surface area (Å²) in [5.41, 5.74) is 1.05. The number of rotatable bonds is 3. The lowest BCUT2D eigenvalue weighted by molar-refractivity contribution is 0.662. The molecule has 0 atom stereocenters. The molecule has 0 aliphatic rings. The first-order valence-electron chi connectivity index (χ1n) is 6.41. The van der Waals surface area contributed by atoms with E-state index in [0.717, 1.165) is 6.42 Å². The molecule has 0 N–H and O–H groups in total. The molecule has 4 rings (SSSR count). The Hall–Kier alpha value is -2.61. The predicted molar refractivity (Wildman–Crippen MR) is 78.4 cm³/mol. The van der Waals surface area contributed by atoms with E-state index in [9.17, 15) is 4.79 Å². The molecule has 4 aromatic heterocycles. The van der Waals surface area contributed by atoms with Crippen LogP contribution in [0.3, 0.4) is 0 Å². The molecular formula is C13H10N6OS. The summed E-state index contributed by atoms with van der Waals surface area (Å²) in [6, 6.07) is 5.77. The first-order valence-corrected chi connectivity index (χ1v) is 7.29.